The maximum atomic E-state index is 11.1. The first-order valence-electron chi connectivity index (χ1n) is 5.92. The number of carbonyl (C=O) groups is 2. The van der Waals surface area contributed by atoms with Crippen LogP contribution in [0, 0.1) is 10.1 Å². The summed E-state index contributed by atoms with van der Waals surface area (Å²) in [5.74, 6) is -2.71. The molecular formula is C14H9NO7. The zero-order valence-corrected chi connectivity index (χ0v) is 10.9. The predicted molar refractivity (Wildman–Crippen MR) is 73.5 cm³/mol. The maximum absolute atomic E-state index is 11.1. The van der Waals surface area contributed by atoms with Crippen LogP contribution in [0.2, 0.25) is 0 Å². The molecular weight excluding hydrogens is 294 g/mol. The van der Waals surface area contributed by atoms with Gasteiger partial charge in [-0.25, -0.2) is 9.59 Å². The highest BCUT2D eigenvalue weighted by molar-refractivity contribution is 5.93. The van der Waals surface area contributed by atoms with E-state index >= 15 is 0 Å². The van der Waals surface area contributed by atoms with Crippen LogP contribution < -0.4 is 4.74 Å². The number of nitro benzene ring substituents is 1. The first kappa shape index (κ1) is 15.0. The van der Waals surface area contributed by atoms with Crippen molar-refractivity contribution < 1.29 is 29.5 Å². The highest BCUT2D eigenvalue weighted by atomic mass is 16.6. The quantitative estimate of drug-likeness (QED) is 0.642. The van der Waals surface area contributed by atoms with Gasteiger partial charge in [-0.3, -0.25) is 10.1 Å². The molecule has 2 N–H and O–H groups in total. The third-order valence-corrected chi connectivity index (χ3v) is 2.74. The van der Waals surface area contributed by atoms with E-state index in [-0.39, 0.29) is 17.1 Å². The van der Waals surface area contributed by atoms with Gasteiger partial charge >= 0.3 is 11.9 Å². The standard InChI is InChI=1S/C14H9NO7/c16-13(17)9-3-1-2-4-12(9)22-8-5-6-11(15(20)21)10(7-8)14(18)19/h1-7H,(H,16,17)(H,18,19). The molecule has 0 heterocycles. The molecule has 0 atom stereocenters. The lowest BCUT2D eigenvalue weighted by atomic mass is 10.1. The molecule has 0 bridgehead atoms. The summed E-state index contributed by atoms with van der Waals surface area (Å²) in [7, 11) is 0. The number of nitrogens with zero attached hydrogens (tertiary/aromatic N) is 1. The van der Waals surface area contributed by atoms with E-state index in [0.29, 0.717) is 0 Å². The van der Waals surface area contributed by atoms with Crippen molar-refractivity contribution in [3.05, 3.63) is 63.7 Å². The normalized spacial score (nSPS) is 10.0. The van der Waals surface area contributed by atoms with Crippen LogP contribution in [-0.4, -0.2) is 27.1 Å². The first-order chi connectivity index (χ1) is 10.4. The van der Waals surface area contributed by atoms with Crippen molar-refractivity contribution in [3.63, 3.8) is 0 Å². The minimum atomic E-state index is -1.48. The van der Waals surface area contributed by atoms with Gasteiger partial charge in [0.15, 0.2) is 0 Å². The van der Waals surface area contributed by atoms with Gasteiger partial charge in [0.1, 0.15) is 22.6 Å². The van der Waals surface area contributed by atoms with Gasteiger partial charge in [-0.15, -0.1) is 0 Å². The van der Waals surface area contributed by atoms with Crippen LogP contribution in [0.15, 0.2) is 42.5 Å². The molecule has 0 spiro atoms. The van der Waals surface area contributed by atoms with Crippen LogP contribution in [0.5, 0.6) is 11.5 Å². The summed E-state index contributed by atoms with van der Waals surface area (Å²) in [6.45, 7) is 0. The van der Waals surface area contributed by atoms with Crippen molar-refractivity contribution in [2.24, 2.45) is 0 Å². The Bertz CT molecular complexity index is 770. The predicted octanol–water partition coefficient (Wildman–Crippen LogP) is 2.78. The van der Waals surface area contributed by atoms with Crippen molar-refractivity contribution in [1.82, 2.24) is 0 Å². The topological polar surface area (TPSA) is 127 Å². The number of ether oxygens (including phenoxy) is 1. The Morgan fingerprint density at radius 1 is 1.00 bits per heavy atom. The second-order valence-corrected chi connectivity index (χ2v) is 4.14. The molecule has 0 unspecified atom stereocenters. The Kier molecular flexibility index (Phi) is 4.03. The molecule has 2 aromatic rings. The Hall–Kier alpha value is -3.42. The van der Waals surface area contributed by atoms with E-state index in [9.17, 15) is 19.7 Å². The Balaban J connectivity index is 2.43. The average molecular weight is 303 g/mol. The molecule has 0 aliphatic heterocycles. The van der Waals surface area contributed by atoms with Crippen LogP contribution in [-0.2, 0) is 0 Å². The van der Waals surface area contributed by atoms with Gasteiger partial charge in [0.05, 0.1) is 4.92 Å². The van der Waals surface area contributed by atoms with E-state index in [4.69, 9.17) is 14.9 Å². The van der Waals surface area contributed by atoms with Crippen LogP contribution >= 0.6 is 0 Å². The molecule has 8 nitrogen and oxygen atoms in total. The van der Waals surface area contributed by atoms with E-state index in [1.54, 1.807) is 6.07 Å². The Morgan fingerprint density at radius 2 is 1.64 bits per heavy atom. The fourth-order valence-electron chi connectivity index (χ4n) is 1.77. The third kappa shape index (κ3) is 3.01. The number of carboxylic acid groups (broad SMARTS) is 2. The van der Waals surface area contributed by atoms with Gasteiger partial charge in [-0.2, -0.15) is 0 Å². The highest BCUT2D eigenvalue weighted by Crippen LogP contribution is 2.29. The van der Waals surface area contributed by atoms with E-state index in [1.165, 1.54) is 24.3 Å². The largest absolute Gasteiger partial charge is 0.478 e. The van der Waals surface area contributed by atoms with E-state index in [1.807, 2.05) is 0 Å². The maximum Gasteiger partial charge on any atom is 0.342 e. The smallest absolute Gasteiger partial charge is 0.342 e. The monoisotopic (exact) mass is 303 g/mol. The molecule has 0 aliphatic rings. The summed E-state index contributed by atoms with van der Waals surface area (Å²) in [4.78, 5) is 32.1. The molecule has 22 heavy (non-hydrogen) atoms. The van der Waals surface area contributed by atoms with Crippen LogP contribution in [0.3, 0.4) is 0 Å². The van der Waals surface area contributed by atoms with Gasteiger partial charge in [0.25, 0.3) is 5.69 Å². The van der Waals surface area contributed by atoms with Crippen LogP contribution in [0.25, 0.3) is 0 Å². The van der Waals surface area contributed by atoms with Crippen molar-refractivity contribution in [1.29, 1.82) is 0 Å². The van der Waals surface area contributed by atoms with E-state index < -0.39 is 28.1 Å². The lowest BCUT2D eigenvalue weighted by molar-refractivity contribution is -0.385. The lowest BCUT2D eigenvalue weighted by Gasteiger charge is -2.09. The van der Waals surface area contributed by atoms with Crippen molar-refractivity contribution in [2.45, 2.75) is 0 Å². The van der Waals surface area contributed by atoms with Gasteiger partial charge in [-0.05, 0) is 18.2 Å². The number of rotatable bonds is 5. The number of benzene rings is 2. The molecule has 2 rings (SSSR count). The Labute approximate surface area is 123 Å². The minimum Gasteiger partial charge on any atom is -0.478 e. The zero-order valence-electron chi connectivity index (χ0n) is 10.9. The molecule has 8 heteroatoms. The number of para-hydroxylation sites is 1. The molecule has 0 radical (unpaired) electrons. The van der Waals surface area contributed by atoms with Gasteiger partial charge in [0.2, 0.25) is 0 Å². The molecule has 2 aromatic carbocycles. The summed E-state index contributed by atoms with van der Waals surface area (Å²) >= 11 is 0. The highest BCUT2D eigenvalue weighted by Gasteiger charge is 2.21. The molecule has 112 valence electrons. The van der Waals surface area contributed by atoms with Crippen molar-refractivity contribution >= 4 is 17.6 Å². The number of carboxylic acids is 2. The van der Waals surface area contributed by atoms with Crippen LogP contribution in [0.4, 0.5) is 5.69 Å². The SMILES string of the molecule is O=C(O)c1ccccc1Oc1ccc([N+](=O)[O-])c(C(=O)O)c1. The second-order valence-electron chi connectivity index (χ2n) is 4.14. The lowest BCUT2D eigenvalue weighted by Crippen LogP contribution is -2.04. The summed E-state index contributed by atoms with van der Waals surface area (Å²) in [6, 6.07) is 8.93. The van der Waals surface area contributed by atoms with Gasteiger partial charge < -0.3 is 14.9 Å². The first-order valence-corrected chi connectivity index (χ1v) is 5.92. The number of nitro groups is 1. The molecule has 0 amide bonds. The molecule has 0 aliphatic carbocycles. The summed E-state index contributed by atoms with van der Waals surface area (Å²) < 4.78 is 5.33. The zero-order chi connectivity index (χ0) is 16.3. The molecule has 0 fully saturated rings. The minimum absolute atomic E-state index is 0.000178. The van der Waals surface area contributed by atoms with Crippen molar-refractivity contribution in [2.75, 3.05) is 0 Å². The van der Waals surface area contributed by atoms with Gasteiger partial charge in [0, 0.05) is 12.1 Å². The fraction of sp³-hybridized carbons (Fsp3) is 0. The Morgan fingerprint density at radius 3 is 2.23 bits per heavy atom. The second kappa shape index (κ2) is 5.92. The molecule has 0 aromatic heterocycles. The number of hydrogen-bond acceptors (Lipinski definition) is 5. The summed E-state index contributed by atoms with van der Waals surface area (Å²) in [6.07, 6.45) is 0. The number of aromatic carboxylic acids is 2. The molecule has 0 saturated carbocycles. The molecule has 0 saturated heterocycles. The fourth-order valence-corrected chi connectivity index (χ4v) is 1.77. The third-order valence-electron chi connectivity index (χ3n) is 2.74. The van der Waals surface area contributed by atoms with Crippen molar-refractivity contribution in [3.8, 4) is 11.5 Å². The van der Waals surface area contributed by atoms with Gasteiger partial charge in [-0.1, -0.05) is 12.1 Å². The summed E-state index contributed by atoms with van der Waals surface area (Å²) in [5, 5.41) is 28.8. The van der Waals surface area contributed by atoms with E-state index in [0.717, 1.165) is 12.1 Å². The average Bonchev–Trinajstić information content (AvgIpc) is 2.47. The summed E-state index contributed by atoms with van der Waals surface area (Å²) in [5.41, 5.74) is -1.24. The van der Waals surface area contributed by atoms with Crippen LogP contribution in [0.1, 0.15) is 20.7 Å². The van der Waals surface area contributed by atoms with E-state index in [2.05, 4.69) is 0 Å². The number of hydrogen-bond donors (Lipinski definition) is 2.